The Bertz CT molecular complexity index is 750. The highest BCUT2D eigenvalue weighted by atomic mass is 19.4. The Balaban J connectivity index is 1.69. The molecule has 0 aromatic heterocycles. The summed E-state index contributed by atoms with van der Waals surface area (Å²) in [6, 6.07) is 3.68. The van der Waals surface area contributed by atoms with Gasteiger partial charge in [-0.1, -0.05) is 19.3 Å². The van der Waals surface area contributed by atoms with E-state index in [9.17, 15) is 27.9 Å². The van der Waals surface area contributed by atoms with Crippen molar-refractivity contribution in [1.29, 1.82) is 0 Å². The van der Waals surface area contributed by atoms with Gasteiger partial charge in [-0.2, -0.15) is 13.2 Å². The van der Waals surface area contributed by atoms with Gasteiger partial charge >= 0.3 is 6.18 Å². The van der Waals surface area contributed by atoms with Crippen LogP contribution in [0.4, 0.5) is 18.9 Å². The van der Waals surface area contributed by atoms with E-state index in [1.807, 2.05) is 0 Å². The molecule has 0 radical (unpaired) electrons. The Labute approximate surface area is 154 Å². The van der Waals surface area contributed by atoms with Crippen LogP contribution in [0.15, 0.2) is 35.6 Å². The largest absolute Gasteiger partial charge is 0.511 e. The van der Waals surface area contributed by atoms with Gasteiger partial charge in [-0.25, -0.2) is 0 Å². The lowest BCUT2D eigenvalue weighted by Gasteiger charge is -2.33. The highest BCUT2D eigenvalue weighted by Crippen LogP contribution is 2.32. The second-order valence-corrected chi connectivity index (χ2v) is 7.03. The molecule has 1 aliphatic carbocycles. The first-order valence-electron chi connectivity index (χ1n) is 8.97. The normalized spacial score (nSPS) is 21.7. The number of alkyl halides is 3. The highest BCUT2D eigenvalue weighted by molar-refractivity contribution is 6.23. The first kappa shape index (κ1) is 19.3. The van der Waals surface area contributed by atoms with Crippen molar-refractivity contribution in [2.24, 2.45) is 5.92 Å². The van der Waals surface area contributed by atoms with Gasteiger partial charge in [0.25, 0.3) is 11.8 Å². The number of aliphatic hydroxyl groups excluding tert-OH is 1. The summed E-state index contributed by atoms with van der Waals surface area (Å²) in [6.07, 6.45) is 1.01. The summed E-state index contributed by atoms with van der Waals surface area (Å²) < 4.78 is 37.8. The minimum atomic E-state index is -4.47. The number of carbonyl (C=O) groups excluding carboxylic acids is 2. The van der Waals surface area contributed by atoms with E-state index in [-0.39, 0.29) is 35.4 Å². The van der Waals surface area contributed by atoms with Gasteiger partial charge in [0.2, 0.25) is 0 Å². The van der Waals surface area contributed by atoms with E-state index < -0.39 is 23.6 Å². The van der Waals surface area contributed by atoms with Gasteiger partial charge in [0.15, 0.2) is 0 Å². The van der Waals surface area contributed by atoms with Crippen molar-refractivity contribution in [2.45, 2.75) is 50.7 Å². The molecule has 2 aliphatic rings. The number of halogens is 3. The molecule has 1 atom stereocenters. The summed E-state index contributed by atoms with van der Waals surface area (Å²) >= 11 is 0. The van der Waals surface area contributed by atoms with Crippen molar-refractivity contribution < 1.29 is 27.9 Å². The van der Waals surface area contributed by atoms with Crippen LogP contribution < -0.4 is 10.6 Å². The zero-order chi connectivity index (χ0) is 19.6. The summed E-state index contributed by atoms with van der Waals surface area (Å²) in [5.41, 5.74) is -1.12. The minimum Gasteiger partial charge on any atom is -0.511 e. The number of amides is 2. The number of aliphatic hydroxyl groups is 1. The van der Waals surface area contributed by atoms with E-state index in [2.05, 4.69) is 10.6 Å². The van der Waals surface area contributed by atoms with Crippen molar-refractivity contribution in [3.63, 3.8) is 0 Å². The molecular formula is C19H21F3N2O3. The van der Waals surface area contributed by atoms with Crippen molar-refractivity contribution in [3.05, 3.63) is 41.2 Å². The third-order valence-electron chi connectivity index (χ3n) is 5.16. The molecule has 3 rings (SSSR count). The molecule has 1 saturated carbocycles. The van der Waals surface area contributed by atoms with Crippen molar-refractivity contribution in [3.8, 4) is 0 Å². The maximum atomic E-state index is 12.6. The fourth-order valence-corrected chi connectivity index (χ4v) is 3.72. The number of benzene rings is 1. The number of hydrogen-bond acceptors (Lipinski definition) is 3. The molecule has 5 nitrogen and oxygen atoms in total. The molecule has 1 unspecified atom stereocenters. The van der Waals surface area contributed by atoms with E-state index in [0.717, 1.165) is 49.9 Å². The van der Waals surface area contributed by atoms with Crippen LogP contribution in [0.3, 0.4) is 0 Å². The number of rotatable bonds is 3. The SMILES string of the molecule is O=C(Nc1ccc(C(F)(F)F)cc1)C1=C(O)CC(C2CCCCC2)NC1=O. The molecule has 0 saturated heterocycles. The van der Waals surface area contributed by atoms with Gasteiger partial charge in [-0.05, 0) is 43.0 Å². The lowest BCUT2D eigenvalue weighted by atomic mass is 9.81. The zero-order valence-corrected chi connectivity index (χ0v) is 14.6. The Morgan fingerprint density at radius 1 is 1.11 bits per heavy atom. The van der Waals surface area contributed by atoms with Crippen LogP contribution in [0.5, 0.6) is 0 Å². The van der Waals surface area contributed by atoms with Gasteiger partial charge in [-0.3, -0.25) is 9.59 Å². The zero-order valence-electron chi connectivity index (χ0n) is 14.6. The second kappa shape index (κ2) is 7.62. The summed E-state index contributed by atoms with van der Waals surface area (Å²) in [4.78, 5) is 24.7. The molecule has 8 heteroatoms. The molecule has 1 aromatic rings. The molecule has 1 fully saturated rings. The molecule has 0 bridgehead atoms. The predicted molar refractivity (Wildman–Crippen MR) is 92.9 cm³/mol. The molecule has 1 aromatic carbocycles. The Morgan fingerprint density at radius 3 is 2.30 bits per heavy atom. The third kappa shape index (κ3) is 4.43. The smallest absolute Gasteiger partial charge is 0.416 e. The molecule has 27 heavy (non-hydrogen) atoms. The maximum absolute atomic E-state index is 12.6. The van der Waals surface area contributed by atoms with E-state index in [4.69, 9.17) is 0 Å². The van der Waals surface area contributed by atoms with Gasteiger partial charge < -0.3 is 15.7 Å². The molecule has 3 N–H and O–H groups in total. The Morgan fingerprint density at radius 2 is 1.74 bits per heavy atom. The van der Waals surface area contributed by atoms with E-state index in [0.29, 0.717) is 0 Å². The molecule has 0 spiro atoms. The molecule has 1 aliphatic heterocycles. The van der Waals surface area contributed by atoms with E-state index in [1.54, 1.807) is 0 Å². The summed E-state index contributed by atoms with van der Waals surface area (Å²) in [5, 5.41) is 15.4. The van der Waals surface area contributed by atoms with Gasteiger partial charge in [0, 0.05) is 18.2 Å². The fraction of sp³-hybridized carbons (Fsp3) is 0.474. The number of anilines is 1. The van der Waals surface area contributed by atoms with Crippen LogP contribution in [-0.2, 0) is 15.8 Å². The average Bonchev–Trinajstić information content (AvgIpc) is 2.61. The first-order valence-corrected chi connectivity index (χ1v) is 8.97. The molecule has 146 valence electrons. The summed E-state index contributed by atoms with van der Waals surface area (Å²) in [7, 11) is 0. The molecule has 2 amide bonds. The lowest BCUT2D eigenvalue weighted by molar-refractivity contribution is -0.137. The maximum Gasteiger partial charge on any atom is 0.416 e. The number of carbonyl (C=O) groups is 2. The van der Waals surface area contributed by atoms with Gasteiger partial charge in [-0.15, -0.1) is 0 Å². The van der Waals surface area contributed by atoms with Crippen LogP contribution in [0.1, 0.15) is 44.1 Å². The van der Waals surface area contributed by atoms with Crippen LogP contribution in [0.2, 0.25) is 0 Å². The van der Waals surface area contributed by atoms with Gasteiger partial charge in [0.05, 0.1) is 5.56 Å². The minimum absolute atomic E-state index is 0.107. The van der Waals surface area contributed by atoms with Crippen molar-refractivity contribution in [1.82, 2.24) is 5.32 Å². The number of nitrogens with one attached hydrogen (secondary N) is 2. The predicted octanol–water partition coefficient (Wildman–Crippen LogP) is 3.92. The van der Waals surface area contributed by atoms with Crippen LogP contribution in [0, 0.1) is 5.92 Å². The summed E-state index contributed by atoms with van der Waals surface area (Å²) in [5.74, 6) is -1.49. The number of hydrogen-bond donors (Lipinski definition) is 3. The van der Waals surface area contributed by atoms with Crippen molar-refractivity contribution in [2.75, 3.05) is 5.32 Å². The lowest BCUT2D eigenvalue weighted by Crippen LogP contribution is -2.47. The average molecular weight is 382 g/mol. The monoisotopic (exact) mass is 382 g/mol. The van der Waals surface area contributed by atoms with Gasteiger partial charge in [0.1, 0.15) is 11.3 Å². The quantitative estimate of drug-likeness (QED) is 0.694. The van der Waals surface area contributed by atoms with Crippen LogP contribution >= 0.6 is 0 Å². The highest BCUT2D eigenvalue weighted by Gasteiger charge is 2.35. The van der Waals surface area contributed by atoms with E-state index in [1.165, 1.54) is 6.42 Å². The Hall–Kier alpha value is -2.51. The third-order valence-corrected chi connectivity index (χ3v) is 5.16. The van der Waals surface area contributed by atoms with E-state index >= 15 is 0 Å². The molecular weight excluding hydrogens is 361 g/mol. The summed E-state index contributed by atoms with van der Waals surface area (Å²) in [6.45, 7) is 0. The Kier molecular flexibility index (Phi) is 5.43. The second-order valence-electron chi connectivity index (χ2n) is 7.03. The van der Waals surface area contributed by atoms with Crippen LogP contribution in [0.25, 0.3) is 0 Å². The van der Waals surface area contributed by atoms with Crippen molar-refractivity contribution >= 4 is 17.5 Å². The topological polar surface area (TPSA) is 78.4 Å². The first-order chi connectivity index (χ1) is 12.8. The molecule has 1 heterocycles. The van der Waals surface area contributed by atoms with Crippen LogP contribution in [-0.4, -0.2) is 23.0 Å². The fourth-order valence-electron chi connectivity index (χ4n) is 3.72. The standard InChI is InChI=1S/C19H21F3N2O3/c20-19(21,22)12-6-8-13(9-7-12)23-17(26)16-15(25)10-14(24-18(16)27)11-4-2-1-3-5-11/h6-9,11,14,25H,1-5,10H2,(H,23,26)(H,24,27).